The van der Waals surface area contributed by atoms with Gasteiger partial charge >= 0.3 is 0 Å². The maximum absolute atomic E-state index is 12.6. The van der Waals surface area contributed by atoms with Crippen molar-refractivity contribution in [3.05, 3.63) is 59.2 Å². The third kappa shape index (κ3) is 5.77. The minimum atomic E-state index is -0.749. The smallest absolute Gasteiger partial charge is 0.253 e. The van der Waals surface area contributed by atoms with Gasteiger partial charge in [0.1, 0.15) is 6.61 Å². The number of ether oxygens (including phenoxy) is 2. The number of rotatable bonds is 9. The highest BCUT2D eigenvalue weighted by Crippen LogP contribution is 2.26. The molecular weight excluding hydrogens is 342 g/mol. The van der Waals surface area contributed by atoms with Crippen LogP contribution in [0.1, 0.15) is 29.7 Å². The first kappa shape index (κ1) is 20.3. The molecule has 0 aliphatic heterocycles. The molecule has 142 valence electrons. The van der Waals surface area contributed by atoms with Crippen LogP contribution >= 0.6 is 0 Å². The van der Waals surface area contributed by atoms with Gasteiger partial charge in [-0.25, -0.2) is 0 Å². The lowest BCUT2D eigenvalue weighted by Gasteiger charge is -2.17. The normalized spacial score (nSPS) is 11.4. The lowest BCUT2D eigenvalue weighted by molar-refractivity contribution is -0.132. The molecule has 2 aromatic rings. The zero-order valence-corrected chi connectivity index (χ0v) is 15.7. The minimum absolute atomic E-state index is 0.0583. The molecule has 2 rings (SSSR count). The van der Waals surface area contributed by atoms with Crippen molar-refractivity contribution >= 4 is 5.91 Å². The Morgan fingerprint density at radius 1 is 1.22 bits per heavy atom. The number of phenols is 1. The second-order valence-corrected chi connectivity index (χ2v) is 6.04. The third-order valence-corrected chi connectivity index (χ3v) is 4.22. The summed E-state index contributed by atoms with van der Waals surface area (Å²) in [5, 5.41) is 12.5. The number of methoxy groups -OCH3 is 1. The van der Waals surface area contributed by atoms with Crippen LogP contribution in [-0.2, 0) is 22.4 Å². The van der Waals surface area contributed by atoms with Crippen molar-refractivity contribution in [1.82, 2.24) is 5.32 Å². The van der Waals surface area contributed by atoms with Crippen molar-refractivity contribution in [1.29, 1.82) is 0 Å². The van der Waals surface area contributed by atoms with Gasteiger partial charge in [-0.15, -0.1) is 6.42 Å². The Bertz CT molecular complexity index is 793. The van der Waals surface area contributed by atoms with Gasteiger partial charge in [-0.1, -0.05) is 43.2 Å². The SMILES string of the molecule is C#CCOC(C(=O)NCCc1ccc(O)c(OC)c1)c1ccc(CC)cc1. The number of aryl methyl sites for hydroxylation is 1. The van der Waals surface area contributed by atoms with Crippen LogP contribution < -0.4 is 10.1 Å². The van der Waals surface area contributed by atoms with Crippen molar-refractivity contribution in [3.8, 4) is 23.8 Å². The Kier molecular flexibility index (Phi) is 7.72. The summed E-state index contributed by atoms with van der Waals surface area (Å²) in [6, 6.07) is 12.9. The van der Waals surface area contributed by atoms with E-state index in [9.17, 15) is 9.90 Å². The van der Waals surface area contributed by atoms with E-state index in [0.29, 0.717) is 18.7 Å². The molecule has 0 spiro atoms. The van der Waals surface area contributed by atoms with E-state index in [0.717, 1.165) is 17.5 Å². The van der Waals surface area contributed by atoms with Crippen molar-refractivity contribution in [2.45, 2.75) is 25.9 Å². The summed E-state index contributed by atoms with van der Waals surface area (Å²) >= 11 is 0. The molecule has 1 amide bonds. The molecule has 5 heteroatoms. The van der Waals surface area contributed by atoms with Crippen LogP contribution in [0.2, 0.25) is 0 Å². The van der Waals surface area contributed by atoms with Crippen molar-refractivity contribution in [2.24, 2.45) is 0 Å². The van der Waals surface area contributed by atoms with E-state index >= 15 is 0 Å². The summed E-state index contributed by atoms with van der Waals surface area (Å²) < 4.78 is 10.7. The molecule has 0 radical (unpaired) electrons. The lowest BCUT2D eigenvalue weighted by Crippen LogP contribution is -2.32. The molecule has 0 aromatic heterocycles. The predicted octanol–water partition coefficient (Wildman–Crippen LogP) is 3.01. The number of benzene rings is 2. The number of terminal acetylenes is 1. The Morgan fingerprint density at radius 3 is 2.56 bits per heavy atom. The van der Waals surface area contributed by atoms with Gasteiger partial charge in [-0.2, -0.15) is 0 Å². The summed E-state index contributed by atoms with van der Waals surface area (Å²) in [5.74, 6) is 2.66. The van der Waals surface area contributed by atoms with E-state index in [4.69, 9.17) is 15.9 Å². The van der Waals surface area contributed by atoms with E-state index in [1.807, 2.05) is 24.3 Å². The average molecular weight is 367 g/mol. The number of carbonyl (C=O) groups excluding carboxylic acids is 1. The summed E-state index contributed by atoms with van der Waals surface area (Å²) in [5.41, 5.74) is 2.90. The Morgan fingerprint density at radius 2 is 1.93 bits per heavy atom. The molecule has 0 saturated carbocycles. The van der Waals surface area contributed by atoms with E-state index in [1.165, 1.54) is 12.7 Å². The average Bonchev–Trinajstić information content (AvgIpc) is 2.70. The first-order valence-corrected chi connectivity index (χ1v) is 8.86. The van der Waals surface area contributed by atoms with Gasteiger partial charge in [0.25, 0.3) is 5.91 Å². The maximum atomic E-state index is 12.6. The summed E-state index contributed by atoms with van der Waals surface area (Å²) in [4.78, 5) is 12.6. The minimum Gasteiger partial charge on any atom is -0.504 e. The molecule has 1 unspecified atom stereocenters. The molecule has 27 heavy (non-hydrogen) atoms. The van der Waals surface area contributed by atoms with Gasteiger partial charge in [-0.05, 0) is 41.7 Å². The highest BCUT2D eigenvalue weighted by molar-refractivity contribution is 5.82. The highest BCUT2D eigenvalue weighted by atomic mass is 16.5. The summed E-state index contributed by atoms with van der Waals surface area (Å²) in [6.45, 7) is 2.56. The van der Waals surface area contributed by atoms with Crippen LogP contribution in [-0.4, -0.2) is 31.3 Å². The number of carbonyl (C=O) groups is 1. The van der Waals surface area contributed by atoms with Crippen LogP contribution in [0.25, 0.3) is 0 Å². The number of hydrogen-bond acceptors (Lipinski definition) is 4. The third-order valence-electron chi connectivity index (χ3n) is 4.22. The van der Waals surface area contributed by atoms with Gasteiger partial charge in [0.2, 0.25) is 0 Å². The maximum Gasteiger partial charge on any atom is 0.253 e. The van der Waals surface area contributed by atoms with E-state index in [-0.39, 0.29) is 18.3 Å². The molecule has 0 heterocycles. The number of hydrogen-bond donors (Lipinski definition) is 2. The first-order chi connectivity index (χ1) is 13.1. The molecule has 2 aromatic carbocycles. The molecule has 1 atom stereocenters. The fourth-order valence-corrected chi connectivity index (χ4v) is 2.68. The molecule has 0 saturated heterocycles. The molecule has 0 bridgehead atoms. The summed E-state index contributed by atoms with van der Waals surface area (Å²) in [6.07, 6.45) is 6.05. The quantitative estimate of drug-likeness (QED) is 0.669. The van der Waals surface area contributed by atoms with Crippen molar-refractivity contribution in [2.75, 3.05) is 20.3 Å². The second kappa shape index (κ2) is 10.2. The highest BCUT2D eigenvalue weighted by Gasteiger charge is 2.20. The Labute approximate surface area is 160 Å². The van der Waals surface area contributed by atoms with Gasteiger partial charge in [0.05, 0.1) is 7.11 Å². The first-order valence-electron chi connectivity index (χ1n) is 8.86. The topological polar surface area (TPSA) is 67.8 Å². The number of aromatic hydroxyl groups is 1. The van der Waals surface area contributed by atoms with Crippen LogP contribution in [0.15, 0.2) is 42.5 Å². The van der Waals surface area contributed by atoms with E-state index in [2.05, 4.69) is 18.2 Å². The fraction of sp³-hybridized carbons (Fsp3) is 0.318. The zero-order chi connectivity index (χ0) is 19.6. The fourth-order valence-electron chi connectivity index (χ4n) is 2.68. The Hall–Kier alpha value is -2.97. The van der Waals surface area contributed by atoms with Crippen LogP contribution in [0.5, 0.6) is 11.5 Å². The predicted molar refractivity (Wildman–Crippen MR) is 105 cm³/mol. The molecular formula is C22H25NO4. The molecule has 0 fully saturated rings. The zero-order valence-electron chi connectivity index (χ0n) is 15.7. The van der Waals surface area contributed by atoms with E-state index < -0.39 is 6.10 Å². The lowest BCUT2D eigenvalue weighted by atomic mass is 10.0. The second-order valence-electron chi connectivity index (χ2n) is 6.04. The Balaban J connectivity index is 1.99. The van der Waals surface area contributed by atoms with Crippen LogP contribution in [0.3, 0.4) is 0 Å². The van der Waals surface area contributed by atoms with Crippen molar-refractivity contribution in [3.63, 3.8) is 0 Å². The number of phenolic OH excluding ortho intramolecular Hbond substituents is 1. The number of nitrogens with one attached hydrogen (secondary N) is 1. The van der Waals surface area contributed by atoms with Crippen LogP contribution in [0.4, 0.5) is 0 Å². The van der Waals surface area contributed by atoms with Gasteiger partial charge < -0.3 is 19.9 Å². The van der Waals surface area contributed by atoms with Gasteiger partial charge in [-0.3, -0.25) is 4.79 Å². The van der Waals surface area contributed by atoms with E-state index in [1.54, 1.807) is 18.2 Å². The van der Waals surface area contributed by atoms with Gasteiger partial charge in [0.15, 0.2) is 17.6 Å². The summed E-state index contributed by atoms with van der Waals surface area (Å²) in [7, 11) is 1.50. The largest absolute Gasteiger partial charge is 0.504 e. The molecule has 2 N–H and O–H groups in total. The number of amides is 1. The standard InChI is InChI=1S/C22H25NO4/c1-4-14-27-21(18-9-6-16(5-2)7-10-18)22(25)23-13-12-17-8-11-19(24)20(15-17)26-3/h1,6-11,15,21,24H,5,12-14H2,2-3H3,(H,23,25). The molecule has 5 nitrogen and oxygen atoms in total. The monoisotopic (exact) mass is 367 g/mol. The molecule has 0 aliphatic carbocycles. The van der Waals surface area contributed by atoms with Gasteiger partial charge in [0, 0.05) is 6.54 Å². The van der Waals surface area contributed by atoms with Crippen molar-refractivity contribution < 1.29 is 19.4 Å². The van der Waals surface area contributed by atoms with Crippen LogP contribution in [0, 0.1) is 12.3 Å². The molecule has 0 aliphatic rings.